The molecule has 0 radical (unpaired) electrons. The molecule has 4 N–H and O–H groups in total. The van der Waals surface area contributed by atoms with Gasteiger partial charge in [0.15, 0.2) is 0 Å². The summed E-state index contributed by atoms with van der Waals surface area (Å²) in [5, 5.41) is 30.2. The molecule has 0 aromatic rings. The Morgan fingerprint density at radius 3 is 2.76 bits per heavy atom. The molecule has 0 aromatic carbocycles. The lowest BCUT2D eigenvalue weighted by molar-refractivity contribution is -0.0968. The molecule has 0 aromatic heterocycles. The van der Waals surface area contributed by atoms with Gasteiger partial charge in [-0.15, -0.1) is 0 Å². The summed E-state index contributed by atoms with van der Waals surface area (Å²) in [5.74, 6) is 2.04. The van der Waals surface area contributed by atoms with Gasteiger partial charge >= 0.3 is 0 Å². The first-order valence-electron chi connectivity index (χ1n) is 12.9. The van der Waals surface area contributed by atoms with Crippen LogP contribution in [0.2, 0.25) is 0 Å². The number of allylic oxidation sites excluding steroid dienone is 3. The summed E-state index contributed by atoms with van der Waals surface area (Å²) in [6.07, 6.45) is 12.3. The lowest BCUT2D eigenvalue weighted by Crippen LogP contribution is -2.45. The van der Waals surface area contributed by atoms with Gasteiger partial charge in [-0.3, -0.25) is 0 Å². The van der Waals surface area contributed by atoms with Crippen molar-refractivity contribution in [2.75, 3.05) is 19.4 Å². The fourth-order valence-electron chi connectivity index (χ4n) is 6.86. The van der Waals surface area contributed by atoms with Crippen LogP contribution in [-0.2, 0) is 4.74 Å². The monoisotopic (exact) mass is 480 g/mol. The van der Waals surface area contributed by atoms with E-state index in [2.05, 4.69) is 32.6 Å². The van der Waals surface area contributed by atoms with E-state index in [0.717, 1.165) is 30.5 Å². The summed E-state index contributed by atoms with van der Waals surface area (Å²) >= 11 is 0. The fraction of sp³-hybridized carbons (Fsp3) is 0.778. The van der Waals surface area contributed by atoms with Gasteiger partial charge in [0, 0.05) is 28.4 Å². The van der Waals surface area contributed by atoms with E-state index in [9.17, 15) is 10.2 Å². The van der Waals surface area contributed by atoms with E-state index < -0.39 is 18.3 Å². The molecule has 188 valence electrons. The molecule has 3 fully saturated rings. The van der Waals surface area contributed by atoms with Crippen LogP contribution in [0.3, 0.4) is 0 Å². The highest BCUT2D eigenvalue weighted by Gasteiger charge is 2.50. The van der Waals surface area contributed by atoms with Crippen molar-refractivity contribution in [1.29, 1.82) is 0 Å². The van der Waals surface area contributed by atoms with E-state index in [1.165, 1.54) is 37.7 Å². The van der Waals surface area contributed by atoms with Gasteiger partial charge in [-0.2, -0.15) is 0 Å². The topological polar surface area (TPSA) is 90.2 Å². The zero-order chi connectivity index (χ0) is 24.0. The number of rotatable bonds is 10. The van der Waals surface area contributed by atoms with Crippen LogP contribution in [0.25, 0.3) is 0 Å². The Morgan fingerprint density at radius 1 is 1.24 bits per heavy atom. The van der Waals surface area contributed by atoms with Crippen LogP contribution in [0.15, 0.2) is 35.5 Å². The van der Waals surface area contributed by atoms with Gasteiger partial charge in [-0.05, 0) is 85.4 Å². The Hall–Kier alpha value is -0.550. The van der Waals surface area contributed by atoms with Gasteiger partial charge in [0.05, 0.1) is 6.10 Å². The average Bonchev–Trinajstić information content (AvgIpc) is 3.15. The number of ether oxygens (including phenoxy) is 1. The van der Waals surface area contributed by atoms with Gasteiger partial charge in [0.1, 0.15) is 12.2 Å². The summed E-state index contributed by atoms with van der Waals surface area (Å²) in [5.41, 5.74) is 3.40. The Labute approximate surface area is 201 Å². The smallest absolute Gasteiger partial charge is 0.114 e. The highest BCUT2D eigenvalue weighted by atomic mass is 31.1. The van der Waals surface area contributed by atoms with Crippen LogP contribution in [0, 0.1) is 23.2 Å². The van der Waals surface area contributed by atoms with E-state index in [1.807, 2.05) is 0 Å². The third-order valence-corrected chi connectivity index (χ3v) is 9.25. The molecule has 3 unspecified atom stereocenters. The first kappa shape index (κ1) is 27.0. The highest BCUT2D eigenvalue weighted by molar-refractivity contribution is 7.31. The normalized spacial score (nSPS) is 38.5. The SMILES string of the molecule is C=C1/C(=C\C=C2/CCC[C@]3(C)C(C(C)CCCPO)CC[C@@H]23)C[C@@H](O)[C@@H](OCCCO)[C@@H]1O. The summed E-state index contributed by atoms with van der Waals surface area (Å²) in [6, 6.07) is 0. The van der Waals surface area contributed by atoms with Crippen LogP contribution in [0.4, 0.5) is 0 Å². The molecule has 0 saturated heterocycles. The van der Waals surface area contributed by atoms with Crippen molar-refractivity contribution in [3.63, 3.8) is 0 Å². The fourth-order valence-corrected chi connectivity index (χ4v) is 7.22. The van der Waals surface area contributed by atoms with Crippen molar-refractivity contribution in [2.45, 2.75) is 89.9 Å². The first-order valence-corrected chi connectivity index (χ1v) is 14.0. The van der Waals surface area contributed by atoms with E-state index in [4.69, 9.17) is 14.7 Å². The number of aliphatic hydroxyl groups is 3. The van der Waals surface area contributed by atoms with Crippen molar-refractivity contribution in [1.82, 2.24) is 0 Å². The number of fused-ring (bicyclic) bond motifs is 1. The predicted molar refractivity (Wildman–Crippen MR) is 135 cm³/mol. The van der Waals surface area contributed by atoms with Gasteiger partial charge in [0.25, 0.3) is 0 Å². The predicted octanol–water partition coefficient (Wildman–Crippen LogP) is 4.51. The largest absolute Gasteiger partial charge is 0.396 e. The quantitative estimate of drug-likeness (QED) is 0.273. The minimum atomic E-state index is -0.926. The van der Waals surface area contributed by atoms with Crippen LogP contribution < -0.4 is 0 Å². The van der Waals surface area contributed by atoms with E-state index >= 15 is 0 Å². The minimum Gasteiger partial charge on any atom is -0.396 e. The molecule has 0 aliphatic heterocycles. The lowest BCUT2D eigenvalue weighted by atomic mass is 9.61. The molecule has 0 amide bonds. The second kappa shape index (κ2) is 12.4. The zero-order valence-corrected chi connectivity index (χ0v) is 21.5. The maximum absolute atomic E-state index is 10.7. The van der Waals surface area contributed by atoms with Crippen LogP contribution in [0.1, 0.15) is 71.6 Å². The van der Waals surface area contributed by atoms with Crippen molar-refractivity contribution >= 4 is 8.81 Å². The van der Waals surface area contributed by atoms with Gasteiger partial charge < -0.3 is 24.9 Å². The molecule has 33 heavy (non-hydrogen) atoms. The molecule has 8 atom stereocenters. The second-order valence-corrected chi connectivity index (χ2v) is 11.5. The average molecular weight is 481 g/mol. The van der Waals surface area contributed by atoms with Crippen molar-refractivity contribution in [3.05, 3.63) is 35.5 Å². The molecule has 3 aliphatic rings. The molecule has 3 aliphatic carbocycles. The third kappa shape index (κ3) is 6.18. The van der Waals surface area contributed by atoms with E-state index in [0.29, 0.717) is 42.3 Å². The van der Waals surface area contributed by atoms with Gasteiger partial charge in [-0.25, -0.2) is 0 Å². The molecule has 3 saturated carbocycles. The molecular formula is C27H45O5P. The van der Waals surface area contributed by atoms with Crippen molar-refractivity contribution in [2.24, 2.45) is 23.2 Å². The third-order valence-electron chi connectivity index (χ3n) is 8.67. The van der Waals surface area contributed by atoms with Crippen LogP contribution in [0.5, 0.6) is 0 Å². The first-order chi connectivity index (χ1) is 15.8. The molecule has 3 rings (SSSR count). The minimum absolute atomic E-state index is 0.0290. The number of hydrogen-bond donors (Lipinski definition) is 4. The standard InChI is InChI=1S/C27H45O5P/c1-18(7-5-16-33-31)22-11-12-23-20(8-4-13-27(22,23)3)9-10-21-17-24(29)26(25(30)19(21)2)32-15-6-14-28/h9-10,18,22-26,28-31,33H,2,4-8,11-17H2,1,3H3/b20-9+,21-10-/t18?,22?,23-,24+,25+,26+,27+/m0/s1. The number of hydrogen-bond acceptors (Lipinski definition) is 5. The second-order valence-electron chi connectivity index (χ2n) is 10.7. The Kier molecular flexibility index (Phi) is 10.2. The summed E-state index contributed by atoms with van der Waals surface area (Å²) in [4.78, 5) is 9.16. The van der Waals surface area contributed by atoms with Crippen molar-refractivity contribution < 1.29 is 24.9 Å². The zero-order valence-electron chi connectivity index (χ0n) is 20.5. The molecule has 5 nitrogen and oxygen atoms in total. The van der Waals surface area contributed by atoms with Crippen molar-refractivity contribution in [3.8, 4) is 0 Å². The lowest BCUT2D eigenvalue weighted by Gasteiger charge is -2.44. The van der Waals surface area contributed by atoms with Crippen LogP contribution in [-0.4, -0.2) is 57.9 Å². The summed E-state index contributed by atoms with van der Waals surface area (Å²) in [6.45, 7) is 9.35. The maximum Gasteiger partial charge on any atom is 0.114 e. The Balaban J connectivity index is 1.69. The molecule has 0 bridgehead atoms. The Morgan fingerprint density at radius 2 is 2.03 bits per heavy atom. The van der Waals surface area contributed by atoms with Crippen LogP contribution >= 0.6 is 8.81 Å². The molecule has 6 heteroatoms. The summed E-state index contributed by atoms with van der Waals surface area (Å²) < 4.78 is 5.62. The highest BCUT2D eigenvalue weighted by Crippen LogP contribution is 2.59. The summed E-state index contributed by atoms with van der Waals surface area (Å²) in [7, 11) is 0.0737. The Bertz CT molecular complexity index is 719. The number of aliphatic hydroxyl groups excluding tert-OH is 3. The maximum atomic E-state index is 10.7. The molecule has 0 spiro atoms. The molecule has 0 heterocycles. The van der Waals surface area contributed by atoms with E-state index in [-0.39, 0.29) is 15.4 Å². The van der Waals surface area contributed by atoms with E-state index in [1.54, 1.807) is 0 Å². The van der Waals surface area contributed by atoms with Gasteiger partial charge in [0.2, 0.25) is 0 Å². The van der Waals surface area contributed by atoms with Gasteiger partial charge in [-0.1, -0.05) is 44.6 Å². The molecular weight excluding hydrogens is 435 g/mol.